The third-order valence-corrected chi connectivity index (χ3v) is 3.60. The number of hydrogen-bond donors (Lipinski definition) is 2. The summed E-state index contributed by atoms with van der Waals surface area (Å²) in [7, 11) is 0. The molecule has 1 aromatic carbocycles. The van der Waals surface area contributed by atoms with Crippen LogP contribution in [0.15, 0.2) is 35.2 Å². The molecule has 2 N–H and O–H groups in total. The summed E-state index contributed by atoms with van der Waals surface area (Å²) >= 11 is 1.71. The summed E-state index contributed by atoms with van der Waals surface area (Å²) < 4.78 is 5.04. The normalized spacial score (nSPS) is 12.5. The minimum atomic E-state index is -0.718. The summed E-state index contributed by atoms with van der Waals surface area (Å²) in [6.45, 7) is 7.63. The van der Waals surface area contributed by atoms with Crippen molar-refractivity contribution in [3.63, 3.8) is 0 Å². The largest absolute Gasteiger partial charge is 0.444 e. The van der Waals surface area contributed by atoms with Gasteiger partial charge in [0, 0.05) is 17.2 Å². The van der Waals surface area contributed by atoms with E-state index in [0.717, 1.165) is 5.75 Å². The van der Waals surface area contributed by atoms with Crippen LogP contribution < -0.4 is 10.6 Å². The van der Waals surface area contributed by atoms with Gasteiger partial charge in [-0.05, 0) is 39.8 Å². The van der Waals surface area contributed by atoms with E-state index in [2.05, 4.69) is 10.6 Å². The van der Waals surface area contributed by atoms with Crippen LogP contribution in [0.5, 0.6) is 0 Å². The number of imide groups is 1. The molecule has 0 aliphatic rings. The molecule has 0 unspecified atom stereocenters. The van der Waals surface area contributed by atoms with Crippen LogP contribution in [0, 0.1) is 0 Å². The molecule has 0 bridgehead atoms. The number of carbonyl (C=O) groups is 2. The van der Waals surface area contributed by atoms with E-state index in [1.54, 1.807) is 39.5 Å². The zero-order chi connectivity index (χ0) is 16.6. The van der Waals surface area contributed by atoms with Crippen LogP contribution in [-0.2, 0) is 9.53 Å². The van der Waals surface area contributed by atoms with Crippen LogP contribution >= 0.6 is 11.8 Å². The molecule has 0 fully saturated rings. The van der Waals surface area contributed by atoms with Crippen LogP contribution in [0.25, 0.3) is 0 Å². The lowest BCUT2D eigenvalue weighted by Gasteiger charge is -2.20. The molecule has 1 atom stereocenters. The van der Waals surface area contributed by atoms with Crippen molar-refractivity contribution in [2.45, 2.75) is 44.2 Å². The fraction of sp³-hybridized carbons (Fsp3) is 0.500. The second-order valence-corrected chi connectivity index (χ2v) is 7.00. The third-order valence-electron chi connectivity index (χ3n) is 2.58. The van der Waals surface area contributed by atoms with E-state index < -0.39 is 17.7 Å². The Kier molecular flexibility index (Phi) is 7.41. The van der Waals surface area contributed by atoms with Crippen LogP contribution in [0.1, 0.15) is 27.7 Å². The van der Waals surface area contributed by atoms with Gasteiger partial charge in [-0.15, -0.1) is 11.8 Å². The summed E-state index contributed by atoms with van der Waals surface area (Å²) in [5.41, 5.74) is -0.618. The zero-order valence-corrected chi connectivity index (χ0v) is 14.3. The highest BCUT2D eigenvalue weighted by Crippen LogP contribution is 2.15. The molecular formula is C16H24N2O3S. The summed E-state index contributed by atoms with van der Waals surface area (Å²) in [6.07, 6.45) is -0.718. The molecule has 0 radical (unpaired) electrons. The van der Waals surface area contributed by atoms with Crippen LogP contribution in [0.2, 0.25) is 0 Å². The zero-order valence-electron chi connectivity index (χ0n) is 13.5. The van der Waals surface area contributed by atoms with Crippen molar-refractivity contribution in [3.05, 3.63) is 30.3 Å². The minimum absolute atomic E-state index is 0.390. The van der Waals surface area contributed by atoms with Gasteiger partial charge < -0.3 is 10.1 Å². The molecule has 0 aliphatic heterocycles. The number of thioether (sulfide) groups is 1. The number of ether oxygens (including phenoxy) is 1. The van der Waals surface area contributed by atoms with Gasteiger partial charge in [-0.3, -0.25) is 10.1 Å². The Morgan fingerprint density at radius 2 is 1.86 bits per heavy atom. The van der Waals surface area contributed by atoms with E-state index in [1.807, 2.05) is 30.3 Å². The fourth-order valence-corrected chi connectivity index (χ4v) is 2.37. The van der Waals surface area contributed by atoms with Crippen molar-refractivity contribution in [1.82, 2.24) is 10.6 Å². The Hall–Kier alpha value is -1.53. The molecule has 1 aromatic rings. The molecule has 2 amide bonds. The molecule has 0 aromatic heterocycles. The smallest absolute Gasteiger partial charge is 0.414 e. The minimum Gasteiger partial charge on any atom is -0.444 e. The summed E-state index contributed by atoms with van der Waals surface area (Å²) in [4.78, 5) is 24.5. The monoisotopic (exact) mass is 324 g/mol. The van der Waals surface area contributed by atoms with E-state index in [0.29, 0.717) is 6.54 Å². The van der Waals surface area contributed by atoms with Gasteiger partial charge in [0.2, 0.25) is 5.91 Å². The number of benzene rings is 1. The molecule has 5 nitrogen and oxygen atoms in total. The van der Waals surface area contributed by atoms with E-state index in [-0.39, 0.29) is 5.91 Å². The third kappa shape index (κ3) is 8.05. The summed E-state index contributed by atoms with van der Waals surface area (Å²) in [5, 5.41) is 5.31. The maximum atomic E-state index is 11.8. The van der Waals surface area contributed by atoms with Gasteiger partial charge in [0.05, 0.1) is 6.04 Å². The van der Waals surface area contributed by atoms with E-state index >= 15 is 0 Å². The predicted octanol–water partition coefficient (Wildman–Crippen LogP) is 2.81. The number of amides is 2. The summed E-state index contributed by atoms with van der Waals surface area (Å²) in [6, 6.07) is 9.60. The van der Waals surface area contributed by atoms with Gasteiger partial charge >= 0.3 is 6.09 Å². The van der Waals surface area contributed by atoms with Crippen molar-refractivity contribution in [3.8, 4) is 0 Å². The van der Waals surface area contributed by atoms with E-state index in [1.165, 1.54) is 4.90 Å². The molecule has 6 heteroatoms. The van der Waals surface area contributed by atoms with E-state index in [9.17, 15) is 9.59 Å². The first-order chi connectivity index (χ1) is 10.3. The van der Waals surface area contributed by atoms with Gasteiger partial charge in [-0.2, -0.15) is 0 Å². The van der Waals surface area contributed by atoms with Crippen molar-refractivity contribution >= 4 is 23.8 Å². The number of alkyl carbamates (subject to hydrolysis) is 1. The van der Waals surface area contributed by atoms with Crippen molar-refractivity contribution < 1.29 is 14.3 Å². The molecule has 122 valence electrons. The van der Waals surface area contributed by atoms with E-state index in [4.69, 9.17) is 4.74 Å². The molecule has 0 spiro atoms. The lowest BCUT2D eigenvalue weighted by Crippen LogP contribution is -2.46. The maximum Gasteiger partial charge on any atom is 0.414 e. The number of nitrogens with one attached hydrogen (secondary N) is 2. The molecule has 22 heavy (non-hydrogen) atoms. The Morgan fingerprint density at radius 1 is 1.23 bits per heavy atom. The lowest BCUT2D eigenvalue weighted by molar-refractivity contribution is -0.122. The molecule has 0 aliphatic carbocycles. The van der Waals surface area contributed by atoms with Crippen LogP contribution in [0.3, 0.4) is 0 Å². The predicted molar refractivity (Wildman–Crippen MR) is 89.0 cm³/mol. The second kappa shape index (κ2) is 8.80. The molecule has 0 heterocycles. The Morgan fingerprint density at radius 3 is 2.45 bits per heavy atom. The molecule has 0 saturated heterocycles. The molecule has 0 saturated carbocycles. The quantitative estimate of drug-likeness (QED) is 0.622. The highest BCUT2D eigenvalue weighted by molar-refractivity contribution is 7.99. The highest BCUT2D eigenvalue weighted by atomic mass is 32.2. The first kappa shape index (κ1) is 18.5. The van der Waals surface area contributed by atoms with Crippen LogP contribution in [0.4, 0.5) is 4.79 Å². The molecule has 1 rings (SSSR count). The van der Waals surface area contributed by atoms with Crippen molar-refractivity contribution in [2.75, 3.05) is 12.3 Å². The number of rotatable bonds is 6. The average Bonchev–Trinajstić information content (AvgIpc) is 2.42. The Bertz CT molecular complexity index is 486. The molecular weight excluding hydrogens is 300 g/mol. The number of carbonyl (C=O) groups excluding carboxylic acids is 2. The standard InChI is InChI=1S/C16H24N2O3S/c1-12(14(19)18-15(20)21-16(2,3)4)17-10-11-22-13-8-6-5-7-9-13/h5-9,12,17H,10-11H2,1-4H3,(H,18,19,20)/t12-/m1/s1. The fourth-order valence-electron chi connectivity index (χ4n) is 1.57. The van der Waals surface area contributed by atoms with Crippen molar-refractivity contribution in [1.29, 1.82) is 0 Å². The lowest BCUT2D eigenvalue weighted by atomic mass is 10.2. The maximum absolute atomic E-state index is 11.8. The van der Waals surface area contributed by atoms with Gasteiger partial charge in [0.1, 0.15) is 5.60 Å². The number of hydrogen-bond acceptors (Lipinski definition) is 5. The first-order valence-corrected chi connectivity index (χ1v) is 8.21. The van der Waals surface area contributed by atoms with Gasteiger partial charge in [-0.1, -0.05) is 18.2 Å². The van der Waals surface area contributed by atoms with Crippen molar-refractivity contribution in [2.24, 2.45) is 0 Å². The van der Waals surface area contributed by atoms with Gasteiger partial charge in [0.15, 0.2) is 0 Å². The summed E-state index contributed by atoms with van der Waals surface area (Å²) in [5.74, 6) is 0.451. The van der Waals surface area contributed by atoms with Crippen LogP contribution in [-0.4, -0.2) is 35.9 Å². The Labute approximate surface area is 136 Å². The Balaban J connectivity index is 2.22. The highest BCUT2D eigenvalue weighted by Gasteiger charge is 2.20. The average molecular weight is 324 g/mol. The van der Waals surface area contributed by atoms with Gasteiger partial charge in [-0.25, -0.2) is 4.79 Å². The van der Waals surface area contributed by atoms with Gasteiger partial charge in [0.25, 0.3) is 0 Å². The SMILES string of the molecule is C[C@@H](NCCSc1ccccc1)C(=O)NC(=O)OC(C)(C)C. The topological polar surface area (TPSA) is 67.4 Å². The second-order valence-electron chi connectivity index (χ2n) is 5.83. The first-order valence-electron chi connectivity index (χ1n) is 7.23.